The third-order valence-electron chi connectivity index (χ3n) is 3.68. The van der Waals surface area contributed by atoms with E-state index < -0.39 is 5.41 Å². The van der Waals surface area contributed by atoms with Gasteiger partial charge in [-0.15, -0.1) is 0 Å². The topological polar surface area (TPSA) is 43.4 Å². The molecule has 0 spiro atoms. The molecule has 0 heterocycles. The number of carbonyl (C=O) groups is 2. The van der Waals surface area contributed by atoms with Gasteiger partial charge in [0, 0.05) is 6.42 Å². The van der Waals surface area contributed by atoms with Crippen LogP contribution in [-0.4, -0.2) is 18.9 Å². The van der Waals surface area contributed by atoms with Crippen LogP contribution in [0.4, 0.5) is 0 Å². The summed E-state index contributed by atoms with van der Waals surface area (Å²) < 4.78 is 5.10. The number of hydrogen-bond donors (Lipinski definition) is 0. The van der Waals surface area contributed by atoms with Crippen LogP contribution in [0.15, 0.2) is 0 Å². The summed E-state index contributed by atoms with van der Waals surface area (Å²) >= 11 is 0. The molecule has 0 rings (SSSR count). The Labute approximate surface area is 124 Å². The Morgan fingerprint density at radius 1 is 1.00 bits per heavy atom. The van der Waals surface area contributed by atoms with E-state index >= 15 is 0 Å². The fraction of sp³-hybridized carbons (Fsp3) is 0.882. The Morgan fingerprint density at radius 2 is 1.55 bits per heavy atom. The standard InChI is InChI=1S/C17H32O3/c1-4-5-6-7-8-9-10-11-13-17(2,3)16(19)20-15-12-14-18/h14H,4-13,15H2,1-3H3. The average molecular weight is 284 g/mol. The highest BCUT2D eigenvalue weighted by Crippen LogP contribution is 2.26. The van der Waals surface area contributed by atoms with E-state index in [1.165, 1.54) is 44.9 Å². The van der Waals surface area contributed by atoms with Gasteiger partial charge in [0.1, 0.15) is 6.29 Å². The predicted octanol–water partition coefficient (Wildman–Crippen LogP) is 4.68. The summed E-state index contributed by atoms with van der Waals surface area (Å²) in [5, 5.41) is 0. The summed E-state index contributed by atoms with van der Waals surface area (Å²) in [5.41, 5.74) is -0.426. The smallest absolute Gasteiger partial charge is 0.311 e. The maximum atomic E-state index is 11.8. The first kappa shape index (κ1) is 19.1. The number of carbonyl (C=O) groups excluding carboxylic acids is 2. The number of unbranched alkanes of at least 4 members (excludes halogenated alkanes) is 7. The van der Waals surface area contributed by atoms with Gasteiger partial charge in [-0.2, -0.15) is 0 Å². The van der Waals surface area contributed by atoms with Crippen LogP contribution in [-0.2, 0) is 14.3 Å². The first-order valence-electron chi connectivity index (χ1n) is 8.15. The molecule has 3 heteroatoms. The SMILES string of the molecule is CCCCCCCCCCC(C)(C)C(=O)OCCC=O. The molecule has 0 N–H and O–H groups in total. The molecule has 0 bridgehead atoms. The van der Waals surface area contributed by atoms with Gasteiger partial charge in [-0.1, -0.05) is 58.3 Å². The zero-order chi connectivity index (χ0) is 15.3. The van der Waals surface area contributed by atoms with Gasteiger partial charge >= 0.3 is 5.97 Å². The Bertz CT molecular complexity index is 259. The van der Waals surface area contributed by atoms with Crippen molar-refractivity contribution in [1.82, 2.24) is 0 Å². The molecule has 0 aliphatic rings. The summed E-state index contributed by atoms with van der Waals surface area (Å²) in [5.74, 6) is -0.178. The molecule has 20 heavy (non-hydrogen) atoms. The highest BCUT2D eigenvalue weighted by molar-refractivity contribution is 5.75. The monoisotopic (exact) mass is 284 g/mol. The van der Waals surface area contributed by atoms with Gasteiger partial charge in [0.2, 0.25) is 0 Å². The number of esters is 1. The van der Waals surface area contributed by atoms with Crippen molar-refractivity contribution in [1.29, 1.82) is 0 Å². The van der Waals surface area contributed by atoms with Gasteiger partial charge in [-0.25, -0.2) is 0 Å². The summed E-state index contributed by atoms with van der Waals surface area (Å²) in [7, 11) is 0. The molecule has 0 unspecified atom stereocenters. The van der Waals surface area contributed by atoms with Crippen LogP contribution < -0.4 is 0 Å². The number of ether oxygens (including phenoxy) is 1. The van der Waals surface area contributed by atoms with E-state index in [1.54, 1.807) is 0 Å². The second kappa shape index (κ2) is 11.9. The third-order valence-corrected chi connectivity index (χ3v) is 3.68. The van der Waals surface area contributed by atoms with Crippen molar-refractivity contribution in [2.24, 2.45) is 5.41 Å². The molecule has 0 radical (unpaired) electrons. The van der Waals surface area contributed by atoms with E-state index in [2.05, 4.69) is 6.92 Å². The van der Waals surface area contributed by atoms with Crippen LogP contribution >= 0.6 is 0 Å². The van der Waals surface area contributed by atoms with Crippen molar-refractivity contribution in [2.75, 3.05) is 6.61 Å². The molecule has 0 fully saturated rings. The van der Waals surface area contributed by atoms with E-state index in [4.69, 9.17) is 4.74 Å². The van der Waals surface area contributed by atoms with Crippen LogP contribution in [0.5, 0.6) is 0 Å². The van der Waals surface area contributed by atoms with Crippen molar-refractivity contribution in [3.63, 3.8) is 0 Å². The largest absolute Gasteiger partial charge is 0.465 e. The van der Waals surface area contributed by atoms with Crippen molar-refractivity contribution in [2.45, 2.75) is 85.0 Å². The molecule has 0 amide bonds. The van der Waals surface area contributed by atoms with E-state index in [0.717, 1.165) is 19.1 Å². The molecule has 0 saturated carbocycles. The van der Waals surface area contributed by atoms with E-state index in [1.807, 2.05) is 13.8 Å². The van der Waals surface area contributed by atoms with Crippen molar-refractivity contribution in [3.05, 3.63) is 0 Å². The highest BCUT2D eigenvalue weighted by Gasteiger charge is 2.28. The Morgan fingerprint density at radius 3 is 2.10 bits per heavy atom. The van der Waals surface area contributed by atoms with Crippen molar-refractivity contribution < 1.29 is 14.3 Å². The lowest BCUT2D eigenvalue weighted by Crippen LogP contribution is -2.27. The molecule has 118 valence electrons. The quantitative estimate of drug-likeness (QED) is 0.280. The minimum absolute atomic E-state index is 0.178. The minimum atomic E-state index is -0.426. The first-order valence-corrected chi connectivity index (χ1v) is 8.15. The van der Waals surface area contributed by atoms with Gasteiger partial charge in [-0.05, 0) is 20.3 Å². The molecule has 0 saturated heterocycles. The molecule has 0 aliphatic carbocycles. The van der Waals surface area contributed by atoms with E-state index in [9.17, 15) is 9.59 Å². The maximum absolute atomic E-state index is 11.8. The summed E-state index contributed by atoms with van der Waals surface area (Å²) in [4.78, 5) is 22.0. The summed E-state index contributed by atoms with van der Waals surface area (Å²) in [6.45, 7) is 6.30. The molecular weight excluding hydrogens is 252 g/mol. The molecule has 0 aromatic rings. The average Bonchev–Trinajstić information content (AvgIpc) is 2.42. The fourth-order valence-corrected chi connectivity index (χ4v) is 2.20. The van der Waals surface area contributed by atoms with Gasteiger partial charge in [-0.3, -0.25) is 4.79 Å². The third kappa shape index (κ3) is 9.99. The highest BCUT2D eigenvalue weighted by atomic mass is 16.5. The number of rotatable bonds is 13. The first-order chi connectivity index (χ1) is 9.54. The van der Waals surface area contributed by atoms with Crippen LogP contribution in [0.25, 0.3) is 0 Å². The van der Waals surface area contributed by atoms with Gasteiger partial charge in [0.25, 0.3) is 0 Å². The maximum Gasteiger partial charge on any atom is 0.311 e. The Hall–Kier alpha value is -0.860. The van der Waals surface area contributed by atoms with Crippen LogP contribution in [0.1, 0.15) is 85.0 Å². The van der Waals surface area contributed by atoms with Crippen molar-refractivity contribution in [3.8, 4) is 0 Å². The lowest BCUT2D eigenvalue weighted by Gasteiger charge is -2.22. The van der Waals surface area contributed by atoms with E-state index in [-0.39, 0.29) is 12.6 Å². The van der Waals surface area contributed by atoms with Crippen LogP contribution in [0.3, 0.4) is 0 Å². The molecular formula is C17H32O3. The van der Waals surface area contributed by atoms with Gasteiger partial charge in [0.15, 0.2) is 0 Å². The lowest BCUT2D eigenvalue weighted by atomic mass is 9.87. The lowest BCUT2D eigenvalue weighted by molar-refractivity contribution is -0.154. The molecule has 0 atom stereocenters. The van der Waals surface area contributed by atoms with Crippen molar-refractivity contribution >= 4 is 12.3 Å². The molecule has 0 aliphatic heterocycles. The van der Waals surface area contributed by atoms with Gasteiger partial charge in [0.05, 0.1) is 12.0 Å². The Kier molecular flexibility index (Phi) is 11.4. The van der Waals surface area contributed by atoms with Crippen LogP contribution in [0, 0.1) is 5.41 Å². The summed E-state index contributed by atoms with van der Waals surface area (Å²) in [6.07, 6.45) is 12.1. The zero-order valence-corrected chi connectivity index (χ0v) is 13.6. The second-order valence-electron chi connectivity index (χ2n) is 6.20. The molecule has 0 aromatic heterocycles. The predicted molar refractivity (Wildman–Crippen MR) is 82.6 cm³/mol. The number of hydrogen-bond acceptors (Lipinski definition) is 3. The summed E-state index contributed by atoms with van der Waals surface area (Å²) in [6, 6.07) is 0. The van der Waals surface area contributed by atoms with Gasteiger partial charge < -0.3 is 9.53 Å². The molecule has 3 nitrogen and oxygen atoms in total. The van der Waals surface area contributed by atoms with E-state index in [0.29, 0.717) is 6.42 Å². The second-order valence-corrected chi connectivity index (χ2v) is 6.20. The molecule has 0 aromatic carbocycles. The Balaban J connectivity index is 3.60. The minimum Gasteiger partial charge on any atom is -0.465 e. The zero-order valence-electron chi connectivity index (χ0n) is 13.6. The normalized spacial score (nSPS) is 11.3. The number of aldehydes is 1. The van der Waals surface area contributed by atoms with Crippen LogP contribution in [0.2, 0.25) is 0 Å². The fourth-order valence-electron chi connectivity index (χ4n) is 2.20.